The number of ether oxygens (including phenoxy) is 1. The van der Waals surface area contributed by atoms with E-state index in [1.807, 2.05) is 6.92 Å². The van der Waals surface area contributed by atoms with E-state index >= 15 is 0 Å². The highest BCUT2D eigenvalue weighted by atomic mass is 127. The molecule has 0 unspecified atom stereocenters. The number of carbonyl (C=O) groups is 3. The van der Waals surface area contributed by atoms with Gasteiger partial charge < -0.3 is 4.74 Å². The Morgan fingerprint density at radius 1 is 1.03 bits per heavy atom. The number of nitrogens with one attached hydrogen (secondary N) is 1. The maximum absolute atomic E-state index is 13.2. The van der Waals surface area contributed by atoms with E-state index in [1.54, 1.807) is 42.5 Å². The Morgan fingerprint density at radius 3 is 2.40 bits per heavy atom. The second kappa shape index (κ2) is 10.6. The van der Waals surface area contributed by atoms with Crippen LogP contribution in [0.15, 0.2) is 69.1 Å². The van der Waals surface area contributed by atoms with E-state index in [0.717, 1.165) is 24.1 Å². The lowest BCUT2D eigenvalue weighted by Gasteiger charge is -2.26. The van der Waals surface area contributed by atoms with Crippen molar-refractivity contribution in [1.82, 2.24) is 5.32 Å². The predicted octanol–water partition coefficient (Wildman–Crippen LogP) is 6.51. The topological polar surface area (TPSA) is 75.7 Å². The van der Waals surface area contributed by atoms with Gasteiger partial charge in [0.1, 0.15) is 23.7 Å². The van der Waals surface area contributed by atoms with Gasteiger partial charge in [0, 0.05) is 4.47 Å². The summed E-state index contributed by atoms with van der Waals surface area (Å²) in [6.45, 7) is 2.07. The van der Waals surface area contributed by atoms with Crippen molar-refractivity contribution in [3.63, 3.8) is 0 Å². The molecule has 0 radical (unpaired) electrons. The van der Waals surface area contributed by atoms with Crippen molar-refractivity contribution in [2.24, 2.45) is 0 Å². The number of hydrogen-bond acceptors (Lipinski definition) is 4. The standard InChI is InChI=1S/C25H16Br2FIN2O4/c1-13-8-17(6-7-19(13)26)31-24(33)18(23(32)30-25(31)34)9-15-10-20(27)22(21(29)11-15)35-12-14-2-4-16(28)5-3-14/h2-11H,12H2,1H3,(H,30,32,34)/b18-9+. The minimum Gasteiger partial charge on any atom is -0.487 e. The van der Waals surface area contributed by atoms with Crippen LogP contribution in [-0.4, -0.2) is 17.8 Å². The molecule has 4 amide bonds. The molecule has 1 aliphatic heterocycles. The van der Waals surface area contributed by atoms with Gasteiger partial charge in [-0.25, -0.2) is 14.1 Å². The van der Waals surface area contributed by atoms with Gasteiger partial charge in [0.05, 0.1) is 13.7 Å². The normalized spacial score (nSPS) is 14.9. The number of nitrogens with zero attached hydrogens (tertiary/aromatic N) is 1. The van der Waals surface area contributed by atoms with Crippen LogP contribution in [-0.2, 0) is 16.2 Å². The molecule has 1 aliphatic rings. The second-order valence-electron chi connectivity index (χ2n) is 7.62. The Morgan fingerprint density at radius 2 is 1.74 bits per heavy atom. The van der Waals surface area contributed by atoms with Crippen molar-refractivity contribution in [3.8, 4) is 5.75 Å². The summed E-state index contributed by atoms with van der Waals surface area (Å²) in [5, 5.41) is 2.23. The first kappa shape index (κ1) is 25.5. The van der Waals surface area contributed by atoms with Crippen LogP contribution >= 0.6 is 54.5 Å². The molecule has 6 nitrogen and oxygen atoms in total. The number of urea groups is 1. The molecule has 0 bridgehead atoms. The molecule has 0 aromatic heterocycles. The zero-order valence-corrected chi connectivity index (χ0v) is 23.4. The number of anilines is 1. The van der Waals surface area contributed by atoms with E-state index in [2.05, 4.69) is 59.8 Å². The maximum atomic E-state index is 13.2. The second-order valence-corrected chi connectivity index (χ2v) is 10.5. The van der Waals surface area contributed by atoms with E-state index in [-0.39, 0.29) is 18.0 Å². The van der Waals surface area contributed by atoms with Crippen molar-refractivity contribution < 1.29 is 23.5 Å². The number of hydrogen-bond donors (Lipinski definition) is 1. The molecule has 3 aromatic rings. The van der Waals surface area contributed by atoms with Gasteiger partial charge in [0.15, 0.2) is 0 Å². The van der Waals surface area contributed by atoms with Gasteiger partial charge >= 0.3 is 6.03 Å². The van der Waals surface area contributed by atoms with E-state index in [0.29, 0.717) is 21.5 Å². The molecule has 1 fully saturated rings. The van der Waals surface area contributed by atoms with E-state index in [9.17, 15) is 18.8 Å². The zero-order valence-electron chi connectivity index (χ0n) is 18.1. The number of carbonyl (C=O) groups excluding carboxylic acids is 3. The molecule has 0 aliphatic carbocycles. The first-order valence-electron chi connectivity index (χ1n) is 10.2. The van der Waals surface area contributed by atoms with Crippen LogP contribution in [0.2, 0.25) is 0 Å². The summed E-state index contributed by atoms with van der Waals surface area (Å²) in [5.41, 5.74) is 2.38. The van der Waals surface area contributed by atoms with Crippen LogP contribution in [0.3, 0.4) is 0 Å². The van der Waals surface area contributed by atoms with Gasteiger partial charge in [-0.05, 0) is 111 Å². The van der Waals surface area contributed by atoms with Crippen molar-refractivity contribution in [1.29, 1.82) is 0 Å². The molecule has 1 saturated heterocycles. The molecule has 1 heterocycles. The molecule has 4 rings (SSSR count). The Hall–Kier alpha value is -2.57. The van der Waals surface area contributed by atoms with Gasteiger partial charge in [-0.1, -0.05) is 28.1 Å². The van der Waals surface area contributed by atoms with Crippen LogP contribution in [0.5, 0.6) is 5.75 Å². The molecule has 0 spiro atoms. The summed E-state index contributed by atoms with van der Waals surface area (Å²) < 4.78 is 21.2. The lowest BCUT2D eigenvalue weighted by Crippen LogP contribution is -2.54. The maximum Gasteiger partial charge on any atom is 0.335 e. The number of imide groups is 2. The smallest absolute Gasteiger partial charge is 0.335 e. The van der Waals surface area contributed by atoms with Gasteiger partial charge in [0.2, 0.25) is 0 Å². The highest BCUT2D eigenvalue weighted by Crippen LogP contribution is 2.34. The van der Waals surface area contributed by atoms with Crippen LogP contribution in [0.4, 0.5) is 14.9 Å². The molecule has 0 saturated carbocycles. The molecular formula is C25H16Br2FIN2O4. The van der Waals surface area contributed by atoms with Crippen LogP contribution in [0.25, 0.3) is 6.08 Å². The predicted molar refractivity (Wildman–Crippen MR) is 145 cm³/mol. The Balaban J connectivity index is 1.61. The number of amides is 4. The summed E-state index contributed by atoms with van der Waals surface area (Å²) >= 11 is 8.96. The number of benzene rings is 3. The van der Waals surface area contributed by atoms with E-state index in [4.69, 9.17) is 4.74 Å². The molecule has 1 N–H and O–H groups in total. The van der Waals surface area contributed by atoms with Crippen molar-refractivity contribution in [3.05, 3.63) is 95.2 Å². The molecule has 178 valence electrons. The summed E-state index contributed by atoms with van der Waals surface area (Å²) in [6.07, 6.45) is 1.43. The summed E-state index contributed by atoms with van der Waals surface area (Å²) in [7, 11) is 0. The quantitative estimate of drug-likeness (QED) is 0.186. The van der Waals surface area contributed by atoms with Gasteiger partial charge in [-0.15, -0.1) is 0 Å². The lowest BCUT2D eigenvalue weighted by atomic mass is 10.1. The average Bonchev–Trinajstić information content (AvgIpc) is 2.79. The fraction of sp³-hybridized carbons (Fsp3) is 0.0800. The summed E-state index contributed by atoms with van der Waals surface area (Å²) in [4.78, 5) is 39.1. The van der Waals surface area contributed by atoms with E-state index in [1.165, 1.54) is 18.2 Å². The largest absolute Gasteiger partial charge is 0.487 e. The molecule has 10 heteroatoms. The van der Waals surface area contributed by atoms with E-state index < -0.39 is 17.8 Å². The molecule has 0 atom stereocenters. The fourth-order valence-corrected chi connectivity index (χ4v) is 5.38. The zero-order chi connectivity index (χ0) is 25.3. The number of aryl methyl sites for hydroxylation is 1. The molecule has 3 aromatic carbocycles. The fourth-order valence-electron chi connectivity index (χ4n) is 3.36. The third-order valence-electron chi connectivity index (χ3n) is 5.13. The first-order valence-corrected chi connectivity index (χ1v) is 12.8. The first-order chi connectivity index (χ1) is 16.6. The van der Waals surface area contributed by atoms with Crippen LogP contribution < -0.4 is 15.0 Å². The van der Waals surface area contributed by atoms with Crippen molar-refractivity contribution in [2.45, 2.75) is 13.5 Å². The molecular weight excluding hydrogens is 698 g/mol. The van der Waals surface area contributed by atoms with Gasteiger partial charge in [-0.3, -0.25) is 14.9 Å². The minimum absolute atomic E-state index is 0.173. The highest BCUT2D eigenvalue weighted by molar-refractivity contribution is 14.1. The monoisotopic (exact) mass is 712 g/mol. The number of halogens is 4. The SMILES string of the molecule is Cc1cc(N2C(=O)NC(=O)/C(=C\c3cc(Br)c(OCc4ccc(F)cc4)c(I)c3)C2=O)ccc1Br. The summed E-state index contributed by atoms with van der Waals surface area (Å²) in [5.74, 6) is -1.24. The Bertz CT molecular complexity index is 1370. The average molecular weight is 714 g/mol. The van der Waals surface area contributed by atoms with Crippen molar-refractivity contribution >= 4 is 84.1 Å². The van der Waals surface area contributed by atoms with Gasteiger partial charge in [-0.2, -0.15) is 0 Å². The minimum atomic E-state index is -0.806. The lowest BCUT2D eigenvalue weighted by molar-refractivity contribution is -0.122. The highest BCUT2D eigenvalue weighted by Gasteiger charge is 2.37. The Labute approximate surface area is 230 Å². The third kappa shape index (κ3) is 5.65. The third-order valence-corrected chi connectivity index (χ3v) is 7.41. The molecule has 35 heavy (non-hydrogen) atoms. The number of rotatable bonds is 5. The van der Waals surface area contributed by atoms with Crippen LogP contribution in [0, 0.1) is 16.3 Å². The Kier molecular flexibility index (Phi) is 7.72. The van der Waals surface area contributed by atoms with Crippen LogP contribution in [0.1, 0.15) is 16.7 Å². The summed E-state index contributed by atoms with van der Waals surface area (Å²) in [6, 6.07) is 13.7. The van der Waals surface area contributed by atoms with Crippen molar-refractivity contribution in [2.75, 3.05) is 4.90 Å². The number of barbiturate groups is 1. The van der Waals surface area contributed by atoms with Gasteiger partial charge in [0.25, 0.3) is 11.8 Å².